The standard InChI is InChI=1S/C17H20N2O4S2/c1-23-10-8-18-17(20)16-15(7-11-24-16)25(21,22)19-9-6-13-4-2-3-5-14(13)12-19/h2-5,7,11H,6,8-10,12H2,1H3,(H,18,20). The van der Waals surface area contributed by atoms with Crippen molar-refractivity contribution in [3.05, 3.63) is 51.7 Å². The highest BCUT2D eigenvalue weighted by Gasteiger charge is 2.32. The molecule has 3 rings (SSSR count). The molecule has 0 atom stereocenters. The van der Waals surface area contributed by atoms with Gasteiger partial charge in [0, 0.05) is 26.7 Å². The van der Waals surface area contributed by atoms with Gasteiger partial charge in [0.05, 0.1) is 6.61 Å². The van der Waals surface area contributed by atoms with E-state index in [0.717, 1.165) is 16.9 Å². The summed E-state index contributed by atoms with van der Waals surface area (Å²) in [6, 6.07) is 9.35. The highest BCUT2D eigenvalue weighted by molar-refractivity contribution is 7.89. The van der Waals surface area contributed by atoms with Gasteiger partial charge in [-0.15, -0.1) is 11.3 Å². The Morgan fingerprint density at radius 1 is 1.28 bits per heavy atom. The number of nitrogens with one attached hydrogen (secondary N) is 1. The van der Waals surface area contributed by atoms with Gasteiger partial charge >= 0.3 is 0 Å². The van der Waals surface area contributed by atoms with Gasteiger partial charge in [-0.1, -0.05) is 24.3 Å². The van der Waals surface area contributed by atoms with Crippen LogP contribution in [-0.2, 0) is 27.7 Å². The van der Waals surface area contributed by atoms with Crippen molar-refractivity contribution >= 4 is 27.3 Å². The maximum Gasteiger partial charge on any atom is 0.262 e. The average Bonchev–Trinajstić information content (AvgIpc) is 3.12. The number of fused-ring (bicyclic) bond motifs is 1. The minimum atomic E-state index is -3.72. The van der Waals surface area contributed by atoms with Gasteiger partial charge in [0.25, 0.3) is 5.91 Å². The maximum absolute atomic E-state index is 13.0. The molecular formula is C17H20N2O4S2. The lowest BCUT2D eigenvalue weighted by Crippen LogP contribution is -2.37. The first-order valence-electron chi connectivity index (χ1n) is 7.95. The highest BCUT2D eigenvalue weighted by atomic mass is 32.2. The molecule has 0 saturated carbocycles. The quantitative estimate of drug-likeness (QED) is 0.777. The van der Waals surface area contributed by atoms with Crippen LogP contribution in [0.25, 0.3) is 0 Å². The molecular weight excluding hydrogens is 360 g/mol. The van der Waals surface area contributed by atoms with Crippen molar-refractivity contribution < 1.29 is 17.9 Å². The lowest BCUT2D eigenvalue weighted by atomic mass is 10.0. The zero-order chi connectivity index (χ0) is 17.9. The Balaban J connectivity index is 1.82. The predicted molar refractivity (Wildman–Crippen MR) is 96.3 cm³/mol. The summed E-state index contributed by atoms with van der Waals surface area (Å²) in [4.78, 5) is 12.6. The molecule has 0 fully saturated rings. The third-order valence-corrected chi connectivity index (χ3v) is 7.07. The van der Waals surface area contributed by atoms with E-state index in [1.165, 1.54) is 15.9 Å². The number of carbonyl (C=O) groups is 1. The van der Waals surface area contributed by atoms with Gasteiger partial charge in [0.2, 0.25) is 10.0 Å². The summed E-state index contributed by atoms with van der Waals surface area (Å²) < 4.78 is 32.4. The molecule has 2 aromatic rings. The number of sulfonamides is 1. The molecule has 0 saturated heterocycles. The second-order valence-electron chi connectivity index (χ2n) is 5.72. The van der Waals surface area contributed by atoms with Gasteiger partial charge in [0.15, 0.2) is 0 Å². The molecule has 1 aromatic heterocycles. The first-order valence-corrected chi connectivity index (χ1v) is 10.3. The molecule has 1 aliphatic rings. The van der Waals surface area contributed by atoms with Crippen LogP contribution in [0.3, 0.4) is 0 Å². The fourth-order valence-electron chi connectivity index (χ4n) is 2.83. The number of benzene rings is 1. The Kier molecular flexibility index (Phi) is 5.53. The molecule has 0 radical (unpaired) electrons. The zero-order valence-corrected chi connectivity index (χ0v) is 15.5. The number of nitrogens with zero attached hydrogens (tertiary/aromatic N) is 1. The normalized spacial score (nSPS) is 14.9. The van der Waals surface area contributed by atoms with Gasteiger partial charge in [-0.25, -0.2) is 8.42 Å². The summed E-state index contributed by atoms with van der Waals surface area (Å²) in [7, 11) is -2.17. The van der Waals surface area contributed by atoms with Crippen LogP contribution in [-0.4, -0.2) is 45.4 Å². The van der Waals surface area contributed by atoms with Crippen LogP contribution in [0.5, 0.6) is 0 Å². The van der Waals surface area contributed by atoms with Crippen molar-refractivity contribution in [2.75, 3.05) is 26.8 Å². The third-order valence-electron chi connectivity index (χ3n) is 4.14. The van der Waals surface area contributed by atoms with Crippen molar-refractivity contribution in [1.82, 2.24) is 9.62 Å². The summed E-state index contributed by atoms with van der Waals surface area (Å²) in [6.45, 7) is 1.46. The topological polar surface area (TPSA) is 75.7 Å². The number of methoxy groups -OCH3 is 1. The predicted octanol–water partition coefficient (Wildman–Crippen LogP) is 1.87. The summed E-state index contributed by atoms with van der Waals surface area (Å²) in [5.41, 5.74) is 2.19. The van der Waals surface area contributed by atoms with Gasteiger partial charge < -0.3 is 10.1 Å². The number of hydrogen-bond acceptors (Lipinski definition) is 5. The molecule has 25 heavy (non-hydrogen) atoms. The van der Waals surface area contributed by atoms with Gasteiger partial charge in [0.1, 0.15) is 9.77 Å². The number of thiophene rings is 1. The van der Waals surface area contributed by atoms with Crippen LogP contribution in [0.15, 0.2) is 40.6 Å². The lowest BCUT2D eigenvalue weighted by molar-refractivity contribution is 0.0938. The van der Waals surface area contributed by atoms with Crippen LogP contribution in [0.2, 0.25) is 0 Å². The van der Waals surface area contributed by atoms with Crippen LogP contribution in [0.4, 0.5) is 0 Å². The van der Waals surface area contributed by atoms with E-state index in [1.54, 1.807) is 12.5 Å². The molecule has 6 nitrogen and oxygen atoms in total. The van der Waals surface area contributed by atoms with Crippen LogP contribution in [0, 0.1) is 0 Å². The van der Waals surface area contributed by atoms with Crippen LogP contribution < -0.4 is 5.32 Å². The van der Waals surface area contributed by atoms with Crippen molar-refractivity contribution in [2.24, 2.45) is 0 Å². The van der Waals surface area contributed by atoms with Crippen LogP contribution >= 0.6 is 11.3 Å². The Bertz CT molecular complexity index is 861. The van der Waals surface area contributed by atoms with Gasteiger partial charge in [-0.2, -0.15) is 4.31 Å². The molecule has 1 aromatic carbocycles. The smallest absolute Gasteiger partial charge is 0.262 e. The number of amides is 1. The average molecular weight is 380 g/mol. The molecule has 1 N–H and O–H groups in total. The molecule has 1 aliphatic heterocycles. The number of hydrogen-bond donors (Lipinski definition) is 1. The Morgan fingerprint density at radius 3 is 2.80 bits per heavy atom. The zero-order valence-electron chi connectivity index (χ0n) is 13.9. The largest absolute Gasteiger partial charge is 0.383 e. The van der Waals surface area contributed by atoms with E-state index in [-0.39, 0.29) is 15.7 Å². The second kappa shape index (κ2) is 7.65. The maximum atomic E-state index is 13.0. The molecule has 8 heteroatoms. The number of ether oxygens (including phenoxy) is 1. The van der Waals surface area contributed by atoms with E-state index < -0.39 is 10.0 Å². The molecule has 0 bridgehead atoms. The summed E-state index contributed by atoms with van der Waals surface area (Å²) >= 11 is 1.13. The number of carbonyl (C=O) groups excluding carboxylic acids is 1. The Morgan fingerprint density at radius 2 is 2.04 bits per heavy atom. The fourth-order valence-corrected chi connectivity index (χ4v) is 5.56. The van der Waals surface area contributed by atoms with E-state index in [2.05, 4.69) is 5.32 Å². The fraction of sp³-hybridized carbons (Fsp3) is 0.353. The van der Waals surface area contributed by atoms with Crippen molar-refractivity contribution in [1.29, 1.82) is 0 Å². The molecule has 0 spiro atoms. The molecule has 0 aliphatic carbocycles. The van der Waals surface area contributed by atoms with E-state index in [0.29, 0.717) is 32.7 Å². The van der Waals surface area contributed by atoms with E-state index >= 15 is 0 Å². The molecule has 0 unspecified atom stereocenters. The monoisotopic (exact) mass is 380 g/mol. The second-order valence-corrected chi connectivity index (χ2v) is 8.54. The van der Waals surface area contributed by atoms with Crippen LogP contribution in [0.1, 0.15) is 20.8 Å². The molecule has 2 heterocycles. The first kappa shape index (κ1) is 18.1. The lowest BCUT2D eigenvalue weighted by Gasteiger charge is -2.28. The summed E-state index contributed by atoms with van der Waals surface area (Å²) in [5, 5.41) is 4.32. The summed E-state index contributed by atoms with van der Waals surface area (Å²) in [5.74, 6) is -0.386. The number of rotatable bonds is 6. The Labute approximate surface area is 151 Å². The third kappa shape index (κ3) is 3.77. The summed E-state index contributed by atoms with van der Waals surface area (Å²) in [6.07, 6.45) is 0.676. The van der Waals surface area contributed by atoms with Gasteiger partial charge in [-0.05, 0) is 29.0 Å². The van der Waals surface area contributed by atoms with E-state index in [1.807, 2.05) is 24.3 Å². The minimum absolute atomic E-state index is 0.0757. The first-order chi connectivity index (χ1) is 12.0. The van der Waals surface area contributed by atoms with Crippen molar-refractivity contribution in [2.45, 2.75) is 17.9 Å². The van der Waals surface area contributed by atoms with Gasteiger partial charge in [-0.3, -0.25) is 4.79 Å². The minimum Gasteiger partial charge on any atom is -0.383 e. The van der Waals surface area contributed by atoms with Crippen molar-refractivity contribution in [3.63, 3.8) is 0 Å². The highest BCUT2D eigenvalue weighted by Crippen LogP contribution is 2.29. The molecule has 1 amide bonds. The van der Waals surface area contributed by atoms with E-state index in [4.69, 9.17) is 4.74 Å². The van der Waals surface area contributed by atoms with Crippen molar-refractivity contribution in [3.8, 4) is 0 Å². The molecule has 134 valence electrons. The van der Waals surface area contributed by atoms with E-state index in [9.17, 15) is 13.2 Å². The Hall–Kier alpha value is -1.74. The SMILES string of the molecule is COCCNC(=O)c1sccc1S(=O)(=O)N1CCc2ccccc2C1.